The van der Waals surface area contributed by atoms with Crippen LogP contribution in [0.4, 0.5) is 0 Å². The zero-order chi connectivity index (χ0) is 16.5. The summed E-state index contributed by atoms with van der Waals surface area (Å²) in [4.78, 5) is 4.77. The van der Waals surface area contributed by atoms with Gasteiger partial charge in [-0.1, -0.05) is 20.8 Å². The maximum atomic E-state index is 9.15. The molecule has 0 saturated heterocycles. The van der Waals surface area contributed by atoms with Crippen LogP contribution in [0, 0.1) is 17.2 Å². The van der Waals surface area contributed by atoms with Gasteiger partial charge in [-0.3, -0.25) is 0 Å². The van der Waals surface area contributed by atoms with Crippen molar-refractivity contribution in [2.75, 3.05) is 14.2 Å². The monoisotopic (exact) mass is 301 g/mol. The minimum Gasteiger partial charge on any atom is -0.493 e. The summed E-state index contributed by atoms with van der Waals surface area (Å²) >= 11 is 0. The smallest absolute Gasteiger partial charge is 0.163 e. The third kappa shape index (κ3) is 2.87. The second-order valence-corrected chi connectivity index (χ2v) is 6.52. The van der Waals surface area contributed by atoms with Gasteiger partial charge in [0, 0.05) is 24.1 Å². The van der Waals surface area contributed by atoms with Gasteiger partial charge in [0.25, 0.3) is 0 Å². The number of imidazole rings is 1. The van der Waals surface area contributed by atoms with E-state index in [0.29, 0.717) is 18.0 Å². The molecule has 22 heavy (non-hydrogen) atoms. The summed E-state index contributed by atoms with van der Waals surface area (Å²) in [7, 11) is 3.23. The topological polar surface area (TPSA) is 60.1 Å². The second kappa shape index (κ2) is 5.88. The molecule has 2 aromatic rings. The van der Waals surface area contributed by atoms with Crippen molar-refractivity contribution in [1.29, 1.82) is 5.26 Å². The van der Waals surface area contributed by atoms with E-state index >= 15 is 0 Å². The summed E-state index contributed by atoms with van der Waals surface area (Å²) in [6.07, 6.45) is 0. The quantitative estimate of drug-likeness (QED) is 0.867. The van der Waals surface area contributed by atoms with E-state index in [0.717, 1.165) is 16.9 Å². The van der Waals surface area contributed by atoms with E-state index in [2.05, 4.69) is 31.4 Å². The van der Waals surface area contributed by atoms with Crippen molar-refractivity contribution in [3.05, 3.63) is 18.0 Å². The lowest BCUT2D eigenvalue weighted by molar-refractivity contribution is 0.355. The van der Waals surface area contributed by atoms with Crippen molar-refractivity contribution in [3.63, 3.8) is 0 Å². The highest BCUT2D eigenvalue weighted by Crippen LogP contribution is 2.35. The number of hydrogen-bond acceptors (Lipinski definition) is 4. The molecule has 0 aliphatic rings. The fourth-order valence-electron chi connectivity index (χ4n) is 2.52. The molecule has 0 N–H and O–H groups in total. The van der Waals surface area contributed by atoms with Crippen molar-refractivity contribution in [2.45, 2.75) is 39.7 Å². The minimum absolute atomic E-state index is 0.0911. The van der Waals surface area contributed by atoms with Crippen LogP contribution in [0.15, 0.2) is 12.1 Å². The lowest BCUT2D eigenvalue weighted by Gasteiger charge is -2.20. The van der Waals surface area contributed by atoms with Crippen LogP contribution in [0.3, 0.4) is 0 Å². The summed E-state index contributed by atoms with van der Waals surface area (Å²) in [5, 5.41) is 9.15. The van der Waals surface area contributed by atoms with Gasteiger partial charge in [-0.15, -0.1) is 0 Å². The van der Waals surface area contributed by atoms with Gasteiger partial charge in [-0.2, -0.15) is 5.26 Å². The van der Waals surface area contributed by atoms with Gasteiger partial charge in [0.15, 0.2) is 11.5 Å². The van der Waals surface area contributed by atoms with Gasteiger partial charge in [0.05, 0.1) is 37.2 Å². The second-order valence-electron chi connectivity index (χ2n) is 6.52. The van der Waals surface area contributed by atoms with E-state index in [4.69, 9.17) is 19.7 Å². The van der Waals surface area contributed by atoms with Gasteiger partial charge < -0.3 is 14.0 Å². The molecule has 0 radical (unpaired) electrons. The number of benzene rings is 1. The number of rotatable bonds is 4. The summed E-state index contributed by atoms with van der Waals surface area (Å²) in [6, 6.07) is 6.11. The summed E-state index contributed by atoms with van der Waals surface area (Å²) in [6.45, 7) is 8.89. The number of ether oxygens (including phenoxy) is 2. The first-order valence-corrected chi connectivity index (χ1v) is 7.34. The first kappa shape index (κ1) is 16.2. The minimum atomic E-state index is -0.116. The standard InChI is InChI=1S/C17H23N3O2/c1-11(9-18)10-20-13-8-15(22-6)14(21-5)7-12(13)19-16(20)17(2,3)4/h7-8,11H,10H2,1-6H3. The Labute approximate surface area is 131 Å². The Morgan fingerprint density at radius 3 is 2.32 bits per heavy atom. The van der Waals surface area contributed by atoms with E-state index in [9.17, 15) is 0 Å². The summed E-state index contributed by atoms with van der Waals surface area (Å²) < 4.78 is 12.9. The van der Waals surface area contributed by atoms with Crippen LogP contribution in [-0.2, 0) is 12.0 Å². The molecular formula is C17H23N3O2. The van der Waals surface area contributed by atoms with Gasteiger partial charge in [0.2, 0.25) is 0 Å². The normalized spacial score (nSPS) is 13.0. The lowest BCUT2D eigenvalue weighted by atomic mass is 9.95. The van der Waals surface area contributed by atoms with Gasteiger partial charge in [-0.25, -0.2) is 4.98 Å². The van der Waals surface area contributed by atoms with Crippen LogP contribution in [0.5, 0.6) is 11.5 Å². The van der Waals surface area contributed by atoms with E-state index in [-0.39, 0.29) is 11.3 Å². The third-order valence-electron chi connectivity index (χ3n) is 3.60. The fourth-order valence-corrected chi connectivity index (χ4v) is 2.52. The van der Waals surface area contributed by atoms with E-state index < -0.39 is 0 Å². The first-order valence-electron chi connectivity index (χ1n) is 7.34. The molecule has 118 valence electrons. The van der Waals surface area contributed by atoms with Crippen LogP contribution < -0.4 is 9.47 Å². The number of aromatic nitrogens is 2. The molecule has 0 aliphatic carbocycles. The van der Waals surface area contributed by atoms with Crippen LogP contribution in [0.2, 0.25) is 0 Å². The van der Waals surface area contributed by atoms with E-state index in [1.165, 1.54) is 0 Å². The molecule has 1 aromatic carbocycles. The van der Waals surface area contributed by atoms with Crippen LogP contribution >= 0.6 is 0 Å². The highest BCUT2D eigenvalue weighted by molar-refractivity contribution is 5.81. The molecule has 1 atom stereocenters. The molecule has 0 amide bonds. The number of hydrogen-bond donors (Lipinski definition) is 0. The maximum Gasteiger partial charge on any atom is 0.163 e. The molecule has 0 spiro atoms. The zero-order valence-corrected chi connectivity index (χ0v) is 14.1. The molecule has 5 nitrogen and oxygen atoms in total. The number of fused-ring (bicyclic) bond motifs is 1. The van der Waals surface area contributed by atoms with E-state index in [1.54, 1.807) is 14.2 Å². The van der Waals surface area contributed by atoms with Crippen LogP contribution in [-0.4, -0.2) is 23.8 Å². The number of nitrogens with zero attached hydrogens (tertiary/aromatic N) is 3. The molecule has 1 aromatic heterocycles. The first-order chi connectivity index (χ1) is 10.3. The van der Waals surface area contributed by atoms with Gasteiger partial charge >= 0.3 is 0 Å². The summed E-state index contributed by atoms with van der Waals surface area (Å²) in [5.41, 5.74) is 1.70. The van der Waals surface area contributed by atoms with Crippen LogP contribution in [0.25, 0.3) is 11.0 Å². The third-order valence-corrected chi connectivity index (χ3v) is 3.60. The SMILES string of the molecule is COc1cc2nc(C(C)(C)C)n(CC(C)C#N)c2cc1OC. The highest BCUT2D eigenvalue weighted by Gasteiger charge is 2.25. The molecule has 0 bridgehead atoms. The van der Waals surface area contributed by atoms with Crippen molar-refractivity contribution in [3.8, 4) is 17.6 Å². The Morgan fingerprint density at radius 2 is 1.82 bits per heavy atom. The van der Waals surface area contributed by atoms with Gasteiger partial charge in [-0.05, 0) is 6.92 Å². The average Bonchev–Trinajstić information content (AvgIpc) is 2.83. The Hall–Kier alpha value is -2.22. The molecule has 1 unspecified atom stereocenters. The Morgan fingerprint density at radius 1 is 1.23 bits per heavy atom. The molecule has 0 aliphatic heterocycles. The maximum absolute atomic E-state index is 9.15. The van der Waals surface area contributed by atoms with Crippen molar-refractivity contribution in [1.82, 2.24) is 9.55 Å². The summed E-state index contributed by atoms with van der Waals surface area (Å²) in [5.74, 6) is 2.20. The predicted molar refractivity (Wildman–Crippen MR) is 86.3 cm³/mol. The van der Waals surface area contributed by atoms with Crippen molar-refractivity contribution in [2.24, 2.45) is 5.92 Å². The average molecular weight is 301 g/mol. The largest absolute Gasteiger partial charge is 0.493 e. The Bertz CT molecular complexity index is 720. The zero-order valence-electron chi connectivity index (χ0n) is 14.1. The van der Waals surface area contributed by atoms with Crippen LogP contribution in [0.1, 0.15) is 33.5 Å². The van der Waals surface area contributed by atoms with Gasteiger partial charge in [0.1, 0.15) is 5.82 Å². The molecule has 0 fully saturated rings. The molecule has 2 rings (SSSR count). The molecule has 5 heteroatoms. The lowest BCUT2D eigenvalue weighted by Crippen LogP contribution is -2.20. The molecule has 0 saturated carbocycles. The van der Waals surface area contributed by atoms with Crippen molar-refractivity contribution < 1.29 is 9.47 Å². The predicted octanol–water partition coefficient (Wildman–Crippen LogP) is 3.51. The Balaban J connectivity index is 2.73. The number of nitriles is 1. The van der Waals surface area contributed by atoms with E-state index in [1.807, 2.05) is 19.1 Å². The molecule has 1 heterocycles. The molecular weight excluding hydrogens is 278 g/mol. The van der Waals surface area contributed by atoms with Crippen molar-refractivity contribution >= 4 is 11.0 Å². The highest BCUT2D eigenvalue weighted by atomic mass is 16.5. The number of methoxy groups -OCH3 is 2. The fraction of sp³-hybridized carbons (Fsp3) is 0.529. The Kier molecular flexibility index (Phi) is 4.32.